The second kappa shape index (κ2) is 6.44. The van der Waals surface area contributed by atoms with Crippen LogP contribution in [0.5, 0.6) is 0 Å². The maximum Gasteiger partial charge on any atom is 0.130 e. The molecule has 2 nitrogen and oxygen atoms in total. The van der Waals surface area contributed by atoms with E-state index in [1.807, 2.05) is 0 Å². The molecule has 0 unspecified atom stereocenters. The van der Waals surface area contributed by atoms with Crippen LogP contribution in [-0.2, 0) is 6.54 Å². The molecule has 4 heteroatoms. The lowest BCUT2D eigenvalue weighted by molar-refractivity contribution is 0.0249. The zero-order chi connectivity index (χ0) is 13.7. The van der Waals surface area contributed by atoms with E-state index in [-0.39, 0.29) is 12.1 Å². The number of benzene rings is 1. The summed E-state index contributed by atoms with van der Waals surface area (Å²) >= 11 is 0. The summed E-state index contributed by atoms with van der Waals surface area (Å²) < 4.78 is 26.9. The Hall–Kier alpha value is -1.00. The topological polar surface area (TPSA) is 32.3 Å². The molecular formula is C15H21F2NO. The molecule has 1 aromatic carbocycles. The van der Waals surface area contributed by atoms with Gasteiger partial charge >= 0.3 is 0 Å². The van der Waals surface area contributed by atoms with Crippen molar-refractivity contribution in [1.82, 2.24) is 5.32 Å². The third-order valence-corrected chi connectivity index (χ3v) is 3.85. The van der Waals surface area contributed by atoms with E-state index in [1.165, 1.54) is 18.2 Å². The first-order chi connectivity index (χ1) is 9.11. The molecular weight excluding hydrogens is 248 g/mol. The van der Waals surface area contributed by atoms with Crippen LogP contribution in [0.3, 0.4) is 0 Å². The van der Waals surface area contributed by atoms with Crippen LogP contribution in [0, 0.1) is 11.6 Å². The molecule has 1 saturated carbocycles. The van der Waals surface area contributed by atoms with Crippen LogP contribution < -0.4 is 5.32 Å². The van der Waals surface area contributed by atoms with Crippen molar-refractivity contribution in [2.75, 3.05) is 6.54 Å². The molecule has 2 N–H and O–H groups in total. The van der Waals surface area contributed by atoms with Crippen molar-refractivity contribution in [1.29, 1.82) is 0 Å². The minimum absolute atomic E-state index is 0.0414. The van der Waals surface area contributed by atoms with Gasteiger partial charge in [0.15, 0.2) is 0 Å². The van der Waals surface area contributed by atoms with E-state index in [0.717, 1.165) is 38.5 Å². The van der Waals surface area contributed by atoms with E-state index in [9.17, 15) is 13.9 Å². The molecule has 1 aromatic rings. The Labute approximate surface area is 112 Å². The predicted octanol–water partition coefficient (Wildman–Crippen LogP) is 3.14. The second-order valence-electron chi connectivity index (χ2n) is 5.44. The fourth-order valence-corrected chi connectivity index (χ4v) is 2.68. The van der Waals surface area contributed by atoms with Gasteiger partial charge in [0.2, 0.25) is 0 Å². The van der Waals surface area contributed by atoms with Gasteiger partial charge in [-0.3, -0.25) is 0 Å². The van der Waals surface area contributed by atoms with Crippen molar-refractivity contribution in [3.8, 4) is 0 Å². The predicted molar refractivity (Wildman–Crippen MR) is 70.7 cm³/mol. The SMILES string of the molecule is OC1(CNCc2c(F)cccc2F)CCCCCC1. The molecule has 0 amide bonds. The van der Waals surface area contributed by atoms with Crippen LogP contribution in [0.4, 0.5) is 8.78 Å². The standard InChI is InChI=1S/C15H21F2NO/c16-13-6-5-7-14(17)12(13)10-18-11-15(19)8-3-1-2-4-9-15/h5-7,18-19H,1-4,8-11H2. The number of halogens is 2. The summed E-state index contributed by atoms with van der Waals surface area (Å²) in [5, 5.41) is 13.4. The molecule has 1 aliphatic rings. The fourth-order valence-electron chi connectivity index (χ4n) is 2.68. The van der Waals surface area contributed by atoms with Crippen LogP contribution >= 0.6 is 0 Å². The molecule has 0 aliphatic heterocycles. The lowest BCUT2D eigenvalue weighted by Crippen LogP contribution is -2.40. The average molecular weight is 269 g/mol. The maximum absolute atomic E-state index is 13.4. The molecule has 1 fully saturated rings. The first kappa shape index (κ1) is 14.4. The summed E-state index contributed by atoms with van der Waals surface area (Å²) in [6.07, 6.45) is 5.88. The lowest BCUT2D eigenvalue weighted by atomic mass is 9.94. The van der Waals surface area contributed by atoms with Gasteiger partial charge in [-0.05, 0) is 25.0 Å². The highest BCUT2D eigenvalue weighted by molar-refractivity contribution is 5.19. The lowest BCUT2D eigenvalue weighted by Gasteiger charge is -2.27. The normalized spacial score (nSPS) is 19.1. The molecule has 1 aliphatic carbocycles. The van der Waals surface area contributed by atoms with Crippen molar-refractivity contribution in [3.05, 3.63) is 35.4 Å². The minimum Gasteiger partial charge on any atom is -0.389 e. The molecule has 0 heterocycles. The third-order valence-electron chi connectivity index (χ3n) is 3.85. The Morgan fingerprint density at radius 2 is 1.63 bits per heavy atom. The minimum atomic E-state index is -0.724. The zero-order valence-corrected chi connectivity index (χ0v) is 11.1. The Morgan fingerprint density at radius 3 is 2.21 bits per heavy atom. The van der Waals surface area contributed by atoms with Gasteiger partial charge < -0.3 is 10.4 Å². The van der Waals surface area contributed by atoms with Crippen LogP contribution in [-0.4, -0.2) is 17.3 Å². The van der Waals surface area contributed by atoms with E-state index < -0.39 is 17.2 Å². The van der Waals surface area contributed by atoms with Crippen molar-refractivity contribution in [2.45, 2.75) is 50.7 Å². The number of nitrogens with one attached hydrogen (secondary N) is 1. The van der Waals surface area contributed by atoms with Crippen LogP contribution in [0.25, 0.3) is 0 Å². The highest BCUT2D eigenvalue weighted by atomic mass is 19.1. The Bertz CT molecular complexity index is 394. The van der Waals surface area contributed by atoms with Crippen molar-refractivity contribution in [2.24, 2.45) is 0 Å². The van der Waals surface area contributed by atoms with Gasteiger partial charge in [-0.1, -0.05) is 31.7 Å². The fraction of sp³-hybridized carbons (Fsp3) is 0.600. The Morgan fingerprint density at radius 1 is 1.05 bits per heavy atom. The summed E-state index contributed by atoms with van der Waals surface area (Å²) in [5.41, 5.74) is -0.683. The number of hydrogen-bond acceptors (Lipinski definition) is 2. The average Bonchev–Trinajstić information content (AvgIpc) is 2.58. The highest BCUT2D eigenvalue weighted by Crippen LogP contribution is 2.26. The number of aliphatic hydroxyl groups is 1. The molecule has 19 heavy (non-hydrogen) atoms. The van der Waals surface area contributed by atoms with Crippen molar-refractivity contribution >= 4 is 0 Å². The van der Waals surface area contributed by atoms with Gasteiger partial charge in [0.05, 0.1) is 5.60 Å². The molecule has 0 aromatic heterocycles. The van der Waals surface area contributed by atoms with E-state index in [4.69, 9.17) is 0 Å². The van der Waals surface area contributed by atoms with Gasteiger partial charge in [0.1, 0.15) is 11.6 Å². The first-order valence-electron chi connectivity index (χ1n) is 6.97. The molecule has 2 rings (SSSR count). The summed E-state index contributed by atoms with van der Waals surface area (Å²) in [5.74, 6) is -1.08. The van der Waals surface area contributed by atoms with Crippen LogP contribution in [0.2, 0.25) is 0 Å². The molecule has 106 valence electrons. The molecule has 0 spiro atoms. The smallest absolute Gasteiger partial charge is 0.130 e. The van der Waals surface area contributed by atoms with Gasteiger partial charge in [-0.25, -0.2) is 8.78 Å². The zero-order valence-electron chi connectivity index (χ0n) is 11.1. The van der Waals surface area contributed by atoms with Crippen LogP contribution in [0.1, 0.15) is 44.1 Å². The van der Waals surface area contributed by atoms with Gasteiger partial charge in [0, 0.05) is 18.7 Å². The van der Waals surface area contributed by atoms with Gasteiger partial charge in [-0.15, -0.1) is 0 Å². The molecule has 0 atom stereocenters. The Kier molecular flexibility index (Phi) is 4.88. The molecule has 0 bridgehead atoms. The Balaban J connectivity index is 1.89. The summed E-state index contributed by atoms with van der Waals surface area (Å²) in [7, 11) is 0. The van der Waals surface area contributed by atoms with E-state index >= 15 is 0 Å². The summed E-state index contributed by atoms with van der Waals surface area (Å²) in [6, 6.07) is 3.86. The second-order valence-corrected chi connectivity index (χ2v) is 5.44. The third kappa shape index (κ3) is 3.98. The van der Waals surface area contributed by atoms with Gasteiger partial charge in [0.25, 0.3) is 0 Å². The summed E-state index contributed by atoms with van der Waals surface area (Å²) in [4.78, 5) is 0. The highest BCUT2D eigenvalue weighted by Gasteiger charge is 2.27. The van der Waals surface area contributed by atoms with E-state index in [1.54, 1.807) is 0 Å². The monoisotopic (exact) mass is 269 g/mol. The number of hydrogen-bond donors (Lipinski definition) is 2. The van der Waals surface area contributed by atoms with E-state index in [0.29, 0.717) is 6.54 Å². The largest absolute Gasteiger partial charge is 0.389 e. The molecule has 0 saturated heterocycles. The first-order valence-corrected chi connectivity index (χ1v) is 6.97. The van der Waals surface area contributed by atoms with Crippen LogP contribution in [0.15, 0.2) is 18.2 Å². The quantitative estimate of drug-likeness (QED) is 0.823. The maximum atomic E-state index is 13.4. The summed E-state index contributed by atoms with van der Waals surface area (Å²) in [6.45, 7) is 0.502. The number of rotatable bonds is 4. The van der Waals surface area contributed by atoms with Crippen molar-refractivity contribution in [3.63, 3.8) is 0 Å². The van der Waals surface area contributed by atoms with Crippen molar-refractivity contribution < 1.29 is 13.9 Å². The molecule has 0 radical (unpaired) electrons. The van der Waals surface area contributed by atoms with E-state index in [2.05, 4.69) is 5.32 Å². The van der Waals surface area contributed by atoms with Gasteiger partial charge in [-0.2, -0.15) is 0 Å².